The normalized spacial score (nSPS) is 12.9. The van der Waals surface area contributed by atoms with Gasteiger partial charge in [-0.25, -0.2) is 4.39 Å². The van der Waals surface area contributed by atoms with Crippen LogP contribution in [0.2, 0.25) is 5.02 Å². The van der Waals surface area contributed by atoms with Gasteiger partial charge in [0.25, 0.3) is 6.47 Å². The Morgan fingerprint density at radius 3 is 2.28 bits per heavy atom. The number of hydrogen-bond donors (Lipinski definition) is 1. The monoisotopic (exact) mass is 580 g/mol. The molecule has 1 aliphatic heterocycles. The van der Waals surface area contributed by atoms with Crippen molar-refractivity contribution in [3.8, 4) is 28.0 Å². The molecule has 1 atom stereocenters. The van der Waals surface area contributed by atoms with Crippen molar-refractivity contribution in [3.05, 3.63) is 82.7 Å². The molecule has 0 aliphatic carbocycles. The second kappa shape index (κ2) is 15.0. The molecular weight excluding hydrogens is 544 g/mol. The molecule has 0 saturated carbocycles. The Hall–Kier alpha value is -1.45. The third-order valence-corrected chi connectivity index (χ3v) is 6.70. The third kappa shape index (κ3) is 8.29. The van der Waals surface area contributed by atoms with Gasteiger partial charge in [0.15, 0.2) is 0 Å². The molecule has 1 heterocycles. The van der Waals surface area contributed by atoms with Gasteiger partial charge in [-0.15, -0.1) is 5.69 Å². The molecular formula is C31H37ClFKNO4-. The van der Waals surface area contributed by atoms with E-state index in [-0.39, 0.29) is 82.0 Å². The summed E-state index contributed by atoms with van der Waals surface area (Å²) in [5.74, 6) is 0.443. The predicted molar refractivity (Wildman–Crippen MR) is 154 cm³/mol. The summed E-state index contributed by atoms with van der Waals surface area (Å²) in [4.78, 5) is 8.36. The van der Waals surface area contributed by atoms with Crippen molar-refractivity contribution in [1.29, 1.82) is 0 Å². The summed E-state index contributed by atoms with van der Waals surface area (Å²) in [5.41, 5.74) is 16.5. The van der Waals surface area contributed by atoms with Crippen molar-refractivity contribution in [3.63, 3.8) is 0 Å². The maximum atomic E-state index is 14.4. The van der Waals surface area contributed by atoms with Gasteiger partial charge in [0.2, 0.25) is 0 Å². The molecule has 0 radical (unpaired) electrons. The molecule has 1 aliphatic rings. The largest absolute Gasteiger partial charge is 1.00 e. The predicted octanol–water partition coefficient (Wildman–Crippen LogP) is 6.47. The molecule has 8 heteroatoms. The molecule has 39 heavy (non-hydrogen) atoms. The Labute approximate surface area is 279 Å². The van der Waals surface area contributed by atoms with Crippen LogP contribution in [0.5, 0.6) is 5.75 Å². The van der Waals surface area contributed by atoms with E-state index in [1.54, 1.807) is 12.1 Å². The molecule has 0 amide bonds. The molecule has 0 saturated heterocycles. The van der Waals surface area contributed by atoms with Gasteiger partial charge < -0.3 is 27.7 Å². The second-order valence-electron chi connectivity index (χ2n) is 10.2. The first-order valence-corrected chi connectivity index (χ1v) is 12.6. The molecule has 3 aromatic rings. The van der Waals surface area contributed by atoms with E-state index in [0.717, 1.165) is 53.0 Å². The van der Waals surface area contributed by atoms with E-state index in [2.05, 4.69) is 12.1 Å². The molecule has 206 valence electrons. The van der Waals surface area contributed by atoms with Crippen LogP contribution in [0.1, 0.15) is 62.5 Å². The topological polar surface area (TPSA) is 79.6 Å². The maximum Gasteiger partial charge on any atom is 1.00 e. The van der Waals surface area contributed by atoms with Gasteiger partial charge >= 0.3 is 51.4 Å². The molecule has 2 N–H and O–H groups in total. The number of fused-ring (bicyclic) bond motifs is 1. The van der Waals surface area contributed by atoms with Crippen LogP contribution < -0.4 is 56.1 Å². The third-order valence-electron chi connectivity index (χ3n) is 6.39. The number of nitrogens with one attached hydrogen (secondary N) is 1. The van der Waals surface area contributed by atoms with E-state index in [1.165, 1.54) is 11.6 Å². The first-order valence-electron chi connectivity index (χ1n) is 12.3. The number of ether oxygens (including phenoxy) is 2. The number of carboxylic acid groups (broad SMARTS) is 1. The minimum absolute atomic E-state index is 0. The molecule has 0 spiro atoms. The number of halogens is 2. The standard InChI is InChI=1S/C29H32ClFNO2.CH2O2.CH3.K/c1-16-26(20-10-12-24-19(14-20)8-7-13-33-24)25(18(3)34-29(4,5)6)17(2)28(32)27(16)21-9-11-22(30)23(31)15-21;2-1-3;;/h9-12,14-15,18,32H,7-8,13H2,1-6H3;1H,(H,2,3);1H3;/q-1;;-1;+1. The van der Waals surface area contributed by atoms with E-state index in [0.29, 0.717) is 16.8 Å². The molecule has 0 bridgehead atoms. The summed E-state index contributed by atoms with van der Waals surface area (Å²) < 4.78 is 26.6. The van der Waals surface area contributed by atoms with Crippen LogP contribution in [-0.4, -0.2) is 23.8 Å². The Morgan fingerprint density at radius 1 is 1.10 bits per heavy atom. The minimum Gasteiger partial charge on any atom is -0.698 e. The van der Waals surface area contributed by atoms with E-state index in [4.69, 9.17) is 36.7 Å². The molecule has 4 rings (SSSR count). The van der Waals surface area contributed by atoms with Crippen molar-refractivity contribution >= 4 is 23.8 Å². The van der Waals surface area contributed by atoms with Crippen molar-refractivity contribution in [2.24, 2.45) is 0 Å². The fraction of sp³-hybridized carbons (Fsp3) is 0.355. The molecule has 5 nitrogen and oxygen atoms in total. The van der Waals surface area contributed by atoms with E-state index in [9.17, 15) is 4.39 Å². The number of benzene rings is 3. The first-order chi connectivity index (χ1) is 17.4. The number of carbonyl (C=O) groups is 1. The van der Waals surface area contributed by atoms with Gasteiger partial charge in [-0.2, -0.15) is 0 Å². The summed E-state index contributed by atoms with van der Waals surface area (Å²) in [6.45, 7) is 12.6. The number of aryl methyl sites for hydroxylation is 1. The molecule has 3 aromatic carbocycles. The fourth-order valence-electron chi connectivity index (χ4n) is 5.02. The Kier molecular flexibility index (Phi) is 13.7. The summed E-state index contributed by atoms with van der Waals surface area (Å²) in [5, 5.41) is 6.96. The van der Waals surface area contributed by atoms with E-state index >= 15 is 0 Å². The average Bonchev–Trinajstić information content (AvgIpc) is 2.82. The number of hydrogen-bond acceptors (Lipinski definition) is 3. The van der Waals surface area contributed by atoms with Crippen molar-refractivity contribution in [1.82, 2.24) is 0 Å². The zero-order valence-electron chi connectivity index (χ0n) is 24.2. The van der Waals surface area contributed by atoms with Crippen molar-refractivity contribution < 1.29 is 75.1 Å². The zero-order valence-corrected chi connectivity index (χ0v) is 28.0. The van der Waals surface area contributed by atoms with Crippen LogP contribution in [-0.2, 0) is 16.0 Å². The van der Waals surface area contributed by atoms with Crippen LogP contribution >= 0.6 is 11.6 Å². The summed E-state index contributed by atoms with van der Waals surface area (Å²) in [7, 11) is 0. The fourth-order valence-corrected chi connectivity index (χ4v) is 5.14. The van der Waals surface area contributed by atoms with Crippen molar-refractivity contribution in [2.75, 3.05) is 6.61 Å². The van der Waals surface area contributed by atoms with Crippen LogP contribution in [0.4, 0.5) is 10.1 Å². The van der Waals surface area contributed by atoms with E-state index in [1.807, 2.05) is 47.6 Å². The SMILES string of the molecule is Cc1c(-c2ccc(Cl)c(F)c2)c([NH-])c(C)c(C(C)OC(C)(C)C)c1-c1ccc2c(c1)CCCO2.O=CO.[CH3-].[K+]. The van der Waals surface area contributed by atoms with Crippen LogP contribution in [0.3, 0.4) is 0 Å². The Morgan fingerprint density at radius 2 is 1.69 bits per heavy atom. The first kappa shape index (κ1) is 35.6. The van der Waals surface area contributed by atoms with Gasteiger partial charge in [0.05, 0.1) is 23.3 Å². The van der Waals surface area contributed by atoms with Gasteiger partial charge in [-0.3, -0.25) is 4.79 Å². The smallest absolute Gasteiger partial charge is 0.698 e. The quantitative estimate of drug-likeness (QED) is 0.218. The van der Waals surface area contributed by atoms with Gasteiger partial charge in [0.1, 0.15) is 11.6 Å². The van der Waals surface area contributed by atoms with Gasteiger partial charge in [0, 0.05) is 0 Å². The zero-order chi connectivity index (χ0) is 27.5. The molecule has 0 fully saturated rings. The van der Waals surface area contributed by atoms with Crippen LogP contribution in [0.15, 0.2) is 36.4 Å². The Bertz CT molecular complexity index is 1310. The average molecular weight is 581 g/mol. The summed E-state index contributed by atoms with van der Waals surface area (Å²) >= 11 is 5.95. The number of rotatable bonds is 4. The summed E-state index contributed by atoms with van der Waals surface area (Å²) in [6.07, 6.45) is 1.73. The van der Waals surface area contributed by atoms with Crippen LogP contribution in [0, 0.1) is 27.1 Å². The Balaban J connectivity index is 0.00000145. The molecule has 0 aromatic heterocycles. The van der Waals surface area contributed by atoms with Gasteiger partial charge in [-0.05, 0) is 118 Å². The maximum absolute atomic E-state index is 14.4. The van der Waals surface area contributed by atoms with Gasteiger partial charge in [-0.1, -0.05) is 29.3 Å². The summed E-state index contributed by atoms with van der Waals surface area (Å²) in [6, 6.07) is 11.1. The molecule has 1 unspecified atom stereocenters. The van der Waals surface area contributed by atoms with Crippen LogP contribution in [0.25, 0.3) is 28.0 Å². The van der Waals surface area contributed by atoms with Crippen molar-refractivity contribution in [2.45, 2.75) is 66.1 Å². The van der Waals surface area contributed by atoms with E-state index < -0.39 is 5.82 Å². The second-order valence-corrected chi connectivity index (χ2v) is 10.6. The minimum atomic E-state index is -0.489.